The van der Waals surface area contributed by atoms with Crippen molar-refractivity contribution < 1.29 is 9.53 Å². The van der Waals surface area contributed by atoms with E-state index in [9.17, 15) is 4.79 Å². The Morgan fingerprint density at radius 1 is 1.29 bits per heavy atom. The number of ether oxygens (including phenoxy) is 1. The van der Waals surface area contributed by atoms with Gasteiger partial charge in [-0.1, -0.05) is 28.1 Å². The smallest absolute Gasteiger partial charge is 0.425 e. The van der Waals surface area contributed by atoms with Gasteiger partial charge in [-0.3, -0.25) is 5.43 Å². The topological polar surface area (TPSA) is 76.1 Å². The van der Waals surface area contributed by atoms with Crippen molar-refractivity contribution in [3.05, 3.63) is 40.4 Å². The van der Waals surface area contributed by atoms with Crippen molar-refractivity contribution in [2.45, 2.75) is 13.8 Å². The van der Waals surface area contributed by atoms with Crippen molar-refractivity contribution in [3.8, 4) is 11.3 Å². The number of nitrogens with zero attached hydrogens (tertiary/aromatic N) is 2. The Balaban J connectivity index is 2.10. The van der Waals surface area contributed by atoms with Crippen LogP contribution in [-0.4, -0.2) is 22.9 Å². The number of benzene rings is 1. The summed E-state index contributed by atoms with van der Waals surface area (Å²) in [5, 5.41) is 8.21. The lowest BCUT2D eigenvalue weighted by atomic mass is 10.1. The van der Waals surface area contributed by atoms with E-state index in [4.69, 9.17) is 4.74 Å². The Hall–Kier alpha value is -2.15. The largest absolute Gasteiger partial charge is 0.449 e. The fourth-order valence-electron chi connectivity index (χ4n) is 1.72. The predicted molar refractivity (Wildman–Crippen MR) is 83.7 cm³/mol. The third kappa shape index (κ3) is 4.16. The van der Waals surface area contributed by atoms with Gasteiger partial charge < -0.3 is 4.74 Å². The Morgan fingerprint density at radius 3 is 2.62 bits per heavy atom. The molecule has 0 aliphatic heterocycles. The van der Waals surface area contributed by atoms with Gasteiger partial charge in [0.2, 0.25) is 0 Å². The van der Waals surface area contributed by atoms with Crippen LogP contribution in [0.15, 0.2) is 34.8 Å². The van der Waals surface area contributed by atoms with Crippen LogP contribution in [0.3, 0.4) is 0 Å². The van der Waals surface area contributed by atoms with E-state index in [1.54, 1.807) is 13.0 Å². The number of rotatable bonds is 4. The van der Waals surface area contributed by atoms with Crippen molar-refractivity contribution in [3.63, 3.8) is 0 Å². The maximum atomic E-state index is 11.2. The van der Waals surface area contributed by atoms with Crippen molar-refractivity contribution in [1.82, 2.24) is 15.6 Å². The number of nitrogens with one attached hydrogen (secondary N) is 2. The summed E-state index contributed by atoms with van der Waals surface area (Å²) in [5.74, 6) is 0.446. The number of aromatic nitrogens is 2. The van der Waals surface area contributed by atoms with Crippen molar-refractivity contribution in [1.29, 1.82) is 0 Å². The number of anilines is 1. The number of halogens is 1. The van der Waals surface area contributed by atoms with Gasteiger partial charge in [0, 0.05) is 10.0 Å². The number of hydrogen-bond donors (Lipinski definition) is 2. The highest BCUT2D eigenvalue weighted by atomic mass is 79.9. The third-order valence-corrected chi connectivity index (χ3v) is 3.20. The molecule has 0 atom stereocenters. The molecule has 0 bridgehead atoms. The second-order valence-electron chi connectivity index (χ2n) is 4.24. The summed E-state index contributed by atoms with van der Waals surface area (Å²) in [5.41, 5.74) is 7.75. The van der Waals surface area contributed by atoms with E-state index < -0.39 is 6.09 Å². The molecule has 0 aliphatic rings. The van der Waals surface area contributed by atoms with Crippen LogP contribution in [0.1, 0.15) is 12.5 Å². The molecule has 7 heteroatoms. The highest BCUT2D eigenvalue weighted by Gasteiger charge is 2.07. The Kier molecular flexibility index (Phi) is 5.10. The number of hydrogen-bond acceptors (Lipinski definition) is 5. The van der Waals surface area contributed by atoms with Crippen LogP contribution in [0.4, 0.5) is 10.6 Å². The van der Waals surface area contributed by atoms with E-state index in [2.05, 4.69) is 37.0 Å². The highest BCUT2D eigenvalue weighted by molar-refractivity contribution is 9.10. The first kappa shape index (κ1) is 15.2. The van der Waals surface area contributed by atoms with Crippen LogP contribution in [0, 0.1) is 6.92 Å². The molecule has 0 saturated heterocycles. The number of amides is 1. The molecule has 0 unspecified atom stereocenters. The lowest BCUT2D eigenvalue weighted by Crippen LogP contribution is -2.30. The lowest BCUT2D eigenvalue weighted by molar-refractivity contribution is 0.154. The van der Waals surface area contributed by atoms with Crippen molar-refractivity contribution in [2.24, 2.45) is 0 Å². The minimum absolute atomic E-state index is 0.306. The number of carbonyl (C=O) groups is 1. The average molecular weight is 351 g/mol. The first-order chi connectivity index (χ1) is 10.1. The average Bonchev–Trinajstić information content (AvgIpc) is 2.47. The standard InChI is InChI=1S/C14H15BrN4O2/c1-3-21-14(20)19-17-12-8-9(2)13(18-16-12)10-4-6-11(15)7-5-10/h4-8H,3H2,1-2H3,(H,16,17)(H,19,20). The molecule has 2 N–H and O–H groups in total. The molecular weight excluding hydrogens is 336 g/mol. The van der Waals surface area contributed by atoms with Crippen LogP contribution in [0.5, 0.6) is 0 Å². The monoisotopic (exact) mass is 350 g/mol. The molecule has 0 spiro atoms. The zero-order chi connectivity index (χ0) is 15.2. The normalized spacial score (nSPS) is 10.0. The summed E-state index contributed by atoms with van der Waals surface area (Å²) in [6, 6.07) is 9.63. The molecule has 1 amide bonds. The molecule has 110 valence electrons. The van der Waals surface area contributed by atoms with E-state index in [-0.39, 0.29) is 0 Å². The van der Waals surface area contributed by atoms with E-state index in [0.717, 1.165) is 21.3 Å². The summed E-state index contributed by atoms with van der Waals surface area (Å²) in [4.78, 5) is 11.2. The van der Waals surface area contributed by atoms with Gasteiger partial charge in [0.25, 0.3) is 0 Å². The summed E-state index contributed by atoms with van der Waals surface area (Å²) >= 11 is 3.40. The fraction of sp³-hybridized carbons (Fsp3) is 0.214. The third-order valence-electron chi connectivity index (χ3n) is 2.67. The Bertz CT molecular complexity index is 631. The molecule has 2 aromatic rings. The molecule has 0 aliphatic carbocycles. The molecule has 0 radical (unpaired) electrons. The van der Waals surface area contributed by atoms with Gasteiger partial charge in [-0.25, -0.2) is 10.2 Å². The first-order valence-corrected chi connectivity index (χ1v) is 7.18. The highest BCUT2D eigenvalue weighted by Crippen LogP contribution is 2.23. The maximum Gasteiger partial charge on any atom is 0.425 e. The quantitative estimate of drug-likeness (QED) is 0.827. The Morgan fingerprint density at radius 2 is 2.00 bits per heavy atom. The van der Waals surface area contributed by atoms with Gasteiger partial charge in [0.05, 0.1) is 12.3 Å². The number of hydrazine groups is 1. The van der Waals surface area contributed by atoms with Gasteiger partial charge in [-0.05, 0) is 37.6 Å². The SMILES string of the molecule is CCOC(=O)NNc1cc(C)c(-c2ccc(Br)cc2)nn1. The lowest BCUT2D eigenvalue weighted by Gasteiger charge is -2.09. The molecule has 0 saturated carbocycles. The van der Waals surface area contributed by atoms with E-state index >= 15 is 0 Å². The van der Waals surface area contributed by atoms with Crippen LogP contribution in [0.2, 0.25) is 0 Å². The van der Waals surface area contributed by atoms with Gasteiger partial charge in [0.15, 0.2) is 5.82 Å². The van der Waals surface area contributed by atoms with Gasteiger partial charge >= 0.3 is 6.09 Å². The molecule has 2 rings (SSSR count). The summed E-state index contributed by atoms with van der Waals surface area (Å²) < 4.78 is 5.74. The van der Waals surface area contributed by atoms with E-state index in [1.165, 1.54) is 0 Å². The zero-order valence-corrected chi connectivity index (χ0v) is 13.3. The van der Waals surface area contributed by atoms with E-state index in [0.29, 0.717) is 12.4 Å². The molecule has 0 fully saturated rings. The molecular formula is C14H15BrN4O2. The minimum atomic E-state index is -0.561. The van der Waals surface area contributed by atoms with Crippen LogP contribution in [-0.2, 0) is 4.74 Å². The summed E-state index contributed by atoms with van der Waals surface area (Å²) in [6.45, 7) is 3.97. The Labute approximate surface area is 131 Å². The van der Waals surface area contributed by atoms with Crippen molar-refractivity contribution in [2.75, 3.05) is 12.0 Å². The second-order valence-corrected chi connectivity index (χ2v) is 5.15. The second kappa shape index (κ2) is 7.03. The van der Waals surface area contributed by atoms with Gasteiger partial charge in [-0.2, -0.15) is 0 Å². The number of carbonyl (C=O) groups excluding carboxylic acids is 1. The summed E-state index contributed by atoms with van der Waals surface area (Å²) in [6.07, 6.45) is -0.561. The molecule has 1 aromatic heterocycles. The fourth-order valence-corrected chi connectivity index (χ4v) is 1.99. The van der Waals surface area contributed by atoms with Crippen LogP contribution >= 0.6 is 15.9 Å². The number of aryl methyl sites for hydroxylation is 1. The molecule has 1 aromatic carbocycles. The predicted octanol–water partition coefficient (Wildman–Crippen LogP) is 3.29. The van der Waals surface area contributed by atoms with Crippen LogP contribution < -0.4 is 10.9 Å². The zero-order valence-electron chi connectivity index (χ0n) is 11.7. The van der Waals surface area contributed by atoms with E-state index in [1.807, 2.05) is 31.2 Å². The van der Waals surface area contributed by atoms with Gasteiger partial charge in [-0.15, -0.1) is 10.2 Å². The van der Waals surface area contributed by atoms with Gasteiger partial charge in [0.1, 0.15) is 0 Å². The molecule has 21 heavy (non-hydrogen) atoms. The molecule has 6 nitrogen and oxygen atoms in total. The minimum Gasteiger partial charge on any atom is -0.449 e. The molecule has 1 heterocycles. The first-order valence-electron chi connectivity index (χ1n) is 6.39. The maximum absolute atomic E-state index is 11.2. The van der Waals surface area contributed by atoms with Crippen LogP contribution in [0.25, 0.3) is 11.3 Å². The summed E-state index contributed by atoms with van der Waals surface area (Å²) in [7, 11) is 0. The van der Waals surface area contributed by atoms with Crippen molar-refractivity contribution >= 4 is 27.8 Å².